The first-order valence-electron chi connectivity index (χ1n) is 13.5. The molecule has 5 aliphatic rings. The molecule has 4 fully saturated rings. The van der Waals surface area contributed by atoms with E-state index in [0.717, 1.165) is 25.7 Å². The van der Waals surface area contributed by atoms with E-state index < -0.39 is 0 Å². The Morgan fingerprint density at radius 1 is 0.844 bits per heavy atom. The zero-order valence-electron chi connectivity index (χ0n) is 22.1. The van der Waals surface area contributed by atoms with Gasteiger partial charge in [-0.15, -0.1) is 0 Å². The van der Waals surface area contributed by atoms with Gasteiger partial charge in [0.2, 0.25) is 0 Å². The van der Waals surface area contributed by atoms with Gasteiger partial charge < -0.3 is 5.11 Å². The summed E-state index contributed by atoms with van der Waals surface area (Å²) in [5, 5.41) is 10.9. The largest absolute Gasteiger partial charge is 0.393 e. The highest BCUT2D eigenvalue weighted by atomic mass is 16.3. The molecule has 8 atom stereocenters. The van der Waals surface area contributed by atoms with Gasteiger partial charge in [-0.05, 0) is 108 Å². The lowest BCUT2D eigenvalue weighted by molar-refractivity contribution is -0.202. The molecular formula is C30H48O2. The molecule has 0 aromatic heterocycles. The van der Waals surface area contributed by atoms with E-state index in [4.69, 9.17) is 0 Å². The average molecular weight is 441 g/mol. The fraction of sp³-hybridized carbons (Fsp3) is 0.900. The highest BCUT2D eigenvalue weighted by Crippen LogP contribution is 2.75. The molecule has 0 radical (unpaired) electrons. The van der Waals surface area contributed by atoms with Crippen molar-refractivity contribution in [3.63, 3.8) is 0 Å². The Bertz CT molecular complexity index is 866. The summed E-state index contributed by atoms with van der Waals surface area (Å²) in [5.74, 6) is 1.49. The minimum Gasteiger partial charge on any atom is -0.393 e. The number of fused-ring (bicyclic) bond motifs is 7. The van der Waals surface area contributed by atoms with Gasteiger partial charge in [0.05, 0.1) is 6.10 Å². The van der Waals surface area contributed by atoms with Crippen molar-refractivity contribution in [1.82, 2.24) is 0 Å². The van der Waals surface area contributed by atoms with Crippen molar-refractivity contribution in [2.24, 2.45) is 50.2 Å². The van der Waals surface area contributed by atoms with Crippen LogP contribution in [0.2, 0.25) is 0 Å². The van der Waals surface area contributed by atoms with E-state index >= 15 is 0 Å². The summed E-state index contributed by atoms with van der Waals surface area (Å²) in [7, 11) is 0. The van der Waals surface area contributed by atoms with Crippen molar-refractivity contribution < 1.29 is 9.90 Å². The van der Waals surface area contributed by atoms with Crippen LogP contribution in [0.1, 0.15) is 113 Å². The Labute approximate surface area is 197 Å². The average Bonchev–Trinajstić information content (AvgIpc) is 2.68. The maximum Gasteiger partial charge on any atom is 0.159 e. The number of hydrogen-bond donors (Lipinski definition) is 1. The van der Waals surface area contributed by atoms with E-state index in [-0.39, 0.29) is 33.7 Å². The van der Waals surface area contributed by atoms with E-state index in [9.17, 15) is 9.90 Å². The molecule has 0 amide bonds. The van der Waals surface area contributed by atoms with Crippen molar-refractivity contribution in [3.05, 3.63) is 11.6 Å². The predicted molar refractivity (Wildman–Crippen MR) is 131 cm³/mol. The Balaban J connectivity index is 1.63. The molecule has 2 heteroatoms. The topological polar surface area (TPSA) is 37.3 Å². The van der Waals surface area contributed by atoms with E-state index in [0.29, 0.717) is 28.4 Å². The second-order valence-corrected chi connectivity index (χ2v) is 15.2. The predicted octanol–water partition coefficient (Wildman–Crippen LogP) is 7.35. The third-order valence-electron chi connectivity index (χ3n) is 12.8. The molecule has 1 unspecified atom stereocenters. The molecule has 5 rings (SSSR count). The molecule has 5 aliphatic carbocycles. The fourth-order valence-corrected chi connectivity index (χ4v) is 10.3. The maximum absolute atomic E-state index is 14.2. The van der Waals surface area contributed by atoms with E-state index in [1.807, 2.05) is 0 Å². The molecule has 180 valence electrons. The SMILES string of the molecule is CC1(C)CC[C@]2(C)CC[C@]3(C)C(=CC(=O)[C@@H]4[C@@]5(C)CC[C@H](O)C(C)(C)C5CC[C@]43C)[C@@H]2C1. The number of rotatable bonds is 0. The number of ketones is 1. The van der Waals surface area contributed by atoms with Crippen LogP contribution in [0.4, 0.5) is 0 Å². The number of carbonyl (C=O) groups excluding carboxylic acids is 1. The Morgan fingerprint density at radius 3 is 2.19 bits per heavy atom. The van der Waals surface area contributed by atoms with Crippen LogP contribution in [0.25, 0.3) is 0 Å². The van der Waals surface area contributed by atoms with Crippen molar-refractivity contribution >= 4 is 5.78 Å². The van der Waals surface area contributed by atoms with Crippen LogP contribution in [0.3, 0.4) is 0 Å². The first-order chi connectivity index (χ1) is 14.6. The number of aliphatic hydroxyl groups is 1. The molecule has 0 aliphatic heterocycles. The van der Waals surface area contributed by atoms with Crippen molar-refractivity contribution in [3.8, 4) is 0 Å². The van der Waals surface area contributed by atoms with Crippen LogP contribution in [-0.2, 0) is 4.79 Å². The highest BCUT2D eigenvalue weighted by Gasteiger charge is 2.69. The van der Waals surface area contributed by atoms with Gasteiger partial charge in [-0.3, -0.25) is 4.79 Å². The summed E-state index contributed by atoms with van der Waals surface area (Å²) in [5.41, 5.74) is 2.29. The molecule has 0 saturated heterocycles. The number of carbonyl (C=O) groups is 1. The third kappa shape index (κ3) is 2.71. The lowest BCUT2D eigenvalue weighted by Gasteiger charge is -2.70. The van der Waals surface area contributed by atoms with Crippen LogP contribution >= 0.6 is 0 Å². The summed E-state index contributed by atoms with van der Waals surface area (Å²) in [6, 6.07) is 0. The molecule has 0 aromatic rings. The van der Waals surface area contributed by atoms with E-state index in [2.05, 4.69) is 61.5 Å². The van der Waals surface area contributed by atoms with Gasteiger partial charge in [0.15, 0.2) is 5.78 Å². The summed E-state index contributed by atoms with van der Waals surface area (Å²) in [6.45, 7) is 19.4. The zero-order valence-corrected chi connectivity index (χ0v) is 22.1. The molecule has 0 bridgehead atoms. The van der Waals surface area contributed by atoms with E-state index in [1.165, 1.54) is 37.7 Å². The molecule has 0 heterocycles. The van der Waals surface area contributed by atoms with Gasteiger partial charge in [-0.1, -0.05) is 61.0 Å². The van der Waals surface area contributed by atoms with Gasteiger partial charge in [0, 0.05) is 5.92 Å². The second-order valence-electron chi connectivity index (χ2n) is 15.2. The van der Waals surface area contributed by atoms with Crippen molar-refractivity contribution in [1.29, 1.82) is 0 Å². The smallest absolute Gasteiger partial charge is 0.159 e. The molecule has 0 aromatic carbocycles. The third-order valence-corrected chi connectivity index (χ3v) is 12.8. The monoisotopic (exact) mass is 440 g/mol. The van der Waals surface area contributed by atoms with Gasteiger partial charge >= 0.3 is 0 Å². The second kappa shape index (κ2) is 6.52. The lowest BCUT2D eigenvalue weighted by atomic mass is 9.33. The molecule has 0 spiro atoms. The van der Waals surface area contributed by atoms with Crippen LogP contribution in [0.15, 0.2) is 11.6 Å². The first kappa shape index (κ1) is 23.1. The van der Waals surface area contributed by atoms with Gasteiger partial charge in [0.25, 0.3) is 0 Å². The maximum atomic E-state index is 14.2. The van der Waals surface area contributed by atoms with Crippen molar-refractivity contribution in [2.75, 3.05) is 0 Å². The van der Waals surface area contributed by atoms with Gasteiger partial charge in [0.1, 0.15) is 0 Å². The minimum absolute atomic E-state index is 0.00948. The van der Waals surface area contributed by atoms with Crippen LogP contribution in [0.5, 0.6) is 0 Å². The Hall–Kier alpha value is -0.630. The number of hydrogen-bond acceptors (Lipinski definition) is 2. The summed E-state index contributed by atoms with van der Waals surface area (Å²) >= 11 is 0. The molecular weight excluding hydrogens is 392 g/mol. The normalized spacial score (nSPS) is 53.9. The minimum atomic E-state index is -0.245. The quantitative estimate of drug-likeness (QED) is 0.427. The molecule has 4 saturated carbocycles. The lowest BCUT2D eigenvalue weighted by Crippen LogP contribution is -2.66. The van der Waals surface area contributed by atoms with Crippen LogP contribution < -0.4 is 0 Å². The van der Waals surface area contributed by atoms with Crippen molar-refractivity contribution in [2.45, 2.75) is 119 Å². The fourth-order valence-electron chi connectivity index (χ4n) is 10.3. The van der Waals surface area contributed by atoms with Gasteiger partial charge in [-0.2, -0.15) is 0 Å². The van der Waals surface area contributed by atoms with Gasteiger partial charge in [-0.25, -0.2) is 0 Å². The van der Waals surface area contributed by atoms with E-state index in [1.54, 1.807) is 0 Å². The number of aliphatic hydroxyl groups excluding tert-OH is 1. The highest BCUT2D eigenvalue weighted by molar-refractivity contribution is 5.95. The standard InChI is InChI=1S/C30H48O2/c1-25(2)13-14-27(5)15-16-29(7)19(20(27)18-25)17-21(31)24-28(6)11-10-23(32)26(3,4)22(28)9-12-30(24,29)8/h17,20,22-24,32H,9-16,18H2,1-8H3/t20-,22?,23-,24+,27+,28-,29+,30+/m0/s1. The summed E-state index contributed by atoms with van der Waals surface area (Å²) < 4.78 is 0. The van der Waals surface area contributed by atoms with Crippen LogP contribution in [-0.4, -0.2) is 17.0 Å². The molecule has 1 N–H and O–H groups in total. The zero-order chi connectivity index (χ0) is 23.5. The number of allylic oxidation sites excluding steroid dienone is 2. The molecule has 2 nitrogen and oxygen atoms in total. The Kier molecular flexibility index (Phi) is 4.71. The summed E-state index contributed by atoms with van der Waals surface area (Å²) in [6.07, 6.45) is 12.4. The Morgan fingerprint density at radius 2 is 1.50 bits per heavy atom. The first-order valence-corrected chi connectivity index (χ1v) is 13.5. The molecule has 32 heavy (non-hydrogen) atoms. The summed E-state index contributed by atoms with van der Waals surface area (Å²) in [4.78, 5) is 14.2. The van der Waals surface area contributed by atoms with Crippen LogP contribution in [0, 0.1) is 50.2 Å².